The van der Waals surface area contributed by atoms with Crippen molar-refractivity contribution in [2.24, 2.45) is 0 Å². The Labute approximate surface area is 108 Å². The molecule has 1 heterocycles. The Balaban J connectivity index is 2.23. The van der Waals surface area contributed by atoms with Crippen molar-refractivity contribution in [2.45, 2.75) is 12.8 Å². The molecule has 18 heavy (non-hydrogen) atoms. The van der Waals surface area contributed by atoms with Gasteiger partial charge in [-0.3, -0.25) is 4.79 Å². The average Bonchev–Trinajstić information content (AvgIpc) is 2.38. The van der Waals surface area contributed by atoms with Gasteiger partial charge in [0.05, 0.1) is 6.61 Å². The van der Waals surface area contributed by atoms with Crippen molar-refractivity contribution in [3.05, 3.63) is 29.3 Å². The van der Waals surface area contributed by atoms with Crippen molar-refractivity contribution >= 4 is 11.6 Å². The van der Waals surface area contributed by atoms with Crippen LogP contribution < -0.4 is 4.90 Å². The molecular weight excluding hydrogens is 228 g/mol. The van der Waals surface area contributed by atoms with E-state index in [1.54, 1.807) is 11.9 Å². The van der Waals surface area contributed by atoms with Crippen LogP contribution in [0.15, 0.2) is 18.2 Å². The fourth-order valence-electron chi connectivity index (χ4n) is 2.39. The summed E-state index contributed by atoms with van der Waals surface area (Å²) in [5, 5.41) is 8.86. The molecule has 1 aromatic carbocycles. The Morgan fingerprint density at radius 1 is 1.50 bits per heavy atom. The molecule has 4 heteroatoms. The Hall–Kier alpha value is -1.55. The average molecular weight is 248 g/mol. The molecule has 4 nitrogen and oxygen atoms in total. The van der Waals surface area contributed by atoms with E-state index in [0.717, 1.165) is 19.4 Å². The number of hydrogen-bond acceptors (Lipinski definition) is 3. The summed E-state index contributed by atoms with van der Waals surface area (Å²) in [5.74, 6) is -0.0277. The fourth-order valence-corrected chi connectivity index (χ4v) is 2.39. The first kappa shape index (κ1) is 12.9. The molecule has 0 radical (unpaired) electrons. The van der Waals surface area contributed by atoms with E-state index in [2.05, 4.69) is 11.9 Å². The van der Waals surface area contributed by atoms with Gasteiger partial charge in [-0.05, 0) is 36.6 Å². The molecule has 0 saturated carbocycles. The second kappa shape index (κ2) is 5.40. The molecule has 1 N–H and O–H groups in total. The minimum Gasteiger partial charge on any atom is -0.395 e. The lowest BCUT2D eigenvalue weighted by molar-refractivity contribution is 0.0767. The topological polar surface area (TPSA) is 43.8 Å². The molecule has 0 aromatic heterocycles. The number of likely N-dealkylation sites (N-methyl/N-ethyl adjacent to an activating group) is 1. The maximum absolute atomic E-state index is 12.1. The number of aliphatic hydroxyl groups is 1. The second-order valence-corrected chi connectivity index (χ2v) is 4.82. The van der Waals surface area contributed by atoms with Gasteiger partial charge in [0.1, 0.15) is 0 Å². The second-order valence-electron chi connectivity index (χ2n) is 4.82. The van der Waals surface area contributed by atoms with E-state index >= 15 is 0 Å². The normalized spacial score (nSPS) is 14.3. The first-order valence-corrected chi connectivity index (χ1v) is 6.34. The number of rotatable bonds is 3. The van der Waals surface area contributed by atoms with Gasteiger partial charge < -0.3 is 14.9 Å². The Morgan fingerprint density at radius 2 is 2.28 bits per heavy atom. The monoisotopic (exact) mass is 248 g/mol. The van der Waals surface area contributed by atoms with Gasteiger partial charge in [-0.1, -0.05) is 0 Å². The van der Waals surface area contributed by atoms with Crippen LogP contribution in [0.5, 0.6) is 0 Å². The van der Waals surface area contributed by atoms with Gasteiger partial charge >= 0.3 is 0 Å². The summed E-state index contributed by atoms with van der Waals surface area (Å²) in [5.41, 5.74) is 3.18. The number of aryl methyl sites for hydroxylation is 1. The fraction of sp³-hybridized carbons (Fsp3) is 0.500. The third-order valence-corrected chi connectivity index (χ3v) is 3.46. The van der Waals surface area contributed by atoms with E-state index in [4.69, 9.17) is 5.11 Å². The van der Waals surface area contributed by atoms with Gasteiger partial charge in [0.15, 0.2) is 0 Å². The highest BCUT2D eigenvalue weighted by molar-refractivity contribution is 5.94. The highest BCUT2D eigenvalue weighted by Gasteiger charge is 2.17. The summed E-state index contributed by atoms with van der Waals surface area (Å²) < 4.78 is 0. The molecule has 1 aliphatic rings. The molecule has 1 aromatic rings. The van der Waals surface area contributed by atoms with Crippen LogP contribution in [0.4, 0.5) is 5.69 Å². The van der Waals surface area contributed by atoms with E-state index in [9.17, 15) is 4.79 Å². The van der Waals surface area contributed by atoms with Crippen molar-refractivity contribution in [2.75, 3.05) is 38.7 Å². The number of hydrogen-bond donors (Lipinski definition) is 1. The predicted octanol–water partition coefficient (Wildman–Crippen LogP) is 1.13. The Morgan fingerprint density at radius 3 is 3.00 bits per heavy atom. The van der Waals surface area contributed by atoms with Gasteiger partial charge in [-0.15, -0.1) is 0 Å². The number of carbonyl (C=O) groups is 1. The smallest absolute Gasteiger partial charge is 0.253 e. The third-order valence-electron chi connectivity index (χ3n) is 3.46. The first-order valence-electron chi connectivity index (χ1n) is 6.34. The summed E-state index contributed by atoms with van der Waals surface area (Å²) in [6.45, 7) is 1.44. The zero-order valence-electron chi connectivity index (χ0n) is 11.0. The van der Waals surface area contributed by atoms with Crippen molar-refractivity contribution in [1.29, 1.82) is 0 Å². The maximum Gasteiger partial charge on any atom is 0.253 e. The zero-order valence-corrected chi connectivity index (χ0v) is 11.0. The van der Waals surface area contributed by atoms with Crippen LogP contribution in [0.25, 0.3) is 0 Å². The summed E-state index contributed by atoms with van der Waals surface area (Å²) in [4.78, 5) is 15.9. The van der Waals surface area contributed by atoms with Gasteiger partial charge in [0.2, 0.25) is 0 Å². The molecule has 0 bridgehead atoms. The van der Waals surface area contributed by atoms with Gasteiger partial charge in [0.25, 0.3) is 5.91 Å². The molecule has 0 unspecified atom stereocenters. The lowest BCUT2D eigenvalue weighted by Gasteiger charge is -2.28. The highest BCUT2D eigenvalue weighted by Crippen LogP contribution is 2.27. The Bertz CT molecular complexity index is 445. The molecule has 0 spiro atoms. The summed E-state index contributed by atoms with van der Waals surface area (Å²) in [6, 6.07) is 5.88. The number of amides is 1. The first-order chi connectivity index (χ1) is 8.63. The van der Waals surface area contributed by atoms with Crippen LogP contribution in [-0.4, -0.2) is 49.7 Å². The van der Waals surface area contributed by atoms with Crippen LogP contribution in [0.3, 0.4) is 0 Å². The summed E-state index contributed by atoms with van der Waals surface area (Å²) in [7, 11) is 3.79. The molecule has 0 aliphatic carbocycles. The van der Waals surface area contributed by atoms with Crippen molar-refractivity contribution in [3.8, 4) is 0 Å². The van der Waals surface area contributed by atoms with Crippen LogP contribution in [0.1, 0.15) is 22.3 Å². The maximum atomic E-state index is 12.1. The standard InChI is InChI=1S/C14H20N2O2/c1-15-7-3-4-11-10-12(5-6-13(11)15)14(18)16(2)8-9-17/h5-6,10,17H,3-4,7-9H2,1-2H3. The minimum atomic E-state index is -0.0277. The van der Waals surface area contributed by atoms with Crippen LogP contribution in [0, 0.1) is 0 Å². The zero-order chi connectivity index (χ0) is 13.1. The van der Waals surface area contributed by atoms with E-state index in [1.165, 1.54) is 11.3 Å². The van der Waals surface area contributed by atoms with Crippen molar-refractivity contribution < 1.29 is 9.90 Å². The molecule has 98 valence electrons. The minimum absolute atomic E-state index is 0.00405. The molecule has 0 saturated heterocycles. The number of carbonyl (C=O) groups excluding carboxylic acids is 1. The number of anilines is 1. The lowest BCUT2D eigenvalue weighted by Crippen LogP contribution is -2.30. The molecule has 0 fully saturated rings. The van der Waals surface area contributed by atoms with Gasteiger partial charge in [-0.25, -0.2) is 0 Å². The summed E-state index contributed by atoms with van der Waals surface area (Å²) in [6.07, 6.45) is 2.16. The van der Waals surface area contributed by atoms with E-state index in [0.29, 0.717) is 12.1 Å². The van der Waals surface area contributed by atoms with Crippen LogP contribution in [-0.2, 0) is 6.42 Å². The van der Waals surface area contributed by atoms with Crippen molar-refractivity contribution in [3.63, 3.8) is 0 Å². The van der Waals surface area contributed by atoms with Crippen LogP contribution in [0.2, 0.25) is 0 Å². The van der Waals surface area contributed by atoms with Gasteiger partial charge in [0, 0.05) is 38.4 Å². The quantitative estimate of drug-likeness (QED) is 0.872. The Kier molecular flexibility index (Phi) is 3.87. The molecule has 1 amide bonds. The molecule has 1 aliphatic heterocycles. The van der Waals surface area contributed by atoms with E-state index < -0.39 is 0 Å². The van der Waals surface area contributed by atoms with Crippen LogP contribution >= 0.6 is 0 Å². The van der Waals surface area contributed by atoms with E-state index in [1.807, 2.05) is 18.2 Å². The van der Waals surface area contributed by atoms with Crippen molar-refractivity contribution in [1.82, 2.24) is 4.90 Å². The number of aliphatic hydroxyl groups excluding tert-OH is 1. The third kappa shape index (κ3) is 2.48. The molecule has 0 atom stereocenters. The number of fused-ring (bicyclic) bond motifs is 1. The molecular formula is C14H20N2O2. The molecule has 2 rings (SSSR count). The predicted molar refractivity (Wildman–Crippen MR) is 72.1 cm³/mol. The lowest BCUT2D eigenvalue weighted by atomic mass is 9.99. The van der Waals surface area contributed by atoms with E-state index in [-0.39, 0.29) is 12.5 Å². The largest absolute Gasteiger partial charge is 0.395 e. The number of nitrogens with zero attached hydrogens (tertiary/aromatic N) is 2. The number of benzene rings is 1. The highest BCUT2D eigenvalue weighted by atomic mass is 16.3. The SMILES string of the molecule is CN(CCO)C(=O)c1ccc2c(c1)CCCN2C. The summed E-state index contributed by atoms with van der Waals surface area (Å²) >= 11 is 0. The van der Waals surface area contributed by atoms with Gasteiger partial charge in [-0.2, -0.15) is 0 Å².